The first-order valence-corrected chi connectivity index (χ1v) is 6.03. The number of halogens is 2. The third-order valence-electron chi connectivity index (χ3n) is 2.71. The fourth-order valence-electron chi connectivity index (χ4n) is 1.93. The van der Waals surface area contributed by atoms with Crippen LogP contribution in [0.4, 0.5) is 8.78 Å². The lowest BCUT2D eigenvalue weighted by atomic mass is 9.95. The van der Waals surface area contributed by atoms with Crippen molar-refractivity contribution in [1.82, 2.24) is 0 Å². The van der Waals surface area contributed by atoms with E-state index >= 15 is 0 Å². The van der Waals surface area contributed by atoms with Crippen molar-refractivity contribution in [3.8, 4) is 6.07 Å². The van der Waals surface area contributed by atoms with Crippen LogP contribution in [0.15, 0.2) is 12.1 Å². The van der Waals surface area contributed by atoms with Crippen molar-refractivity contribution in [1.29, 1.82) is 5.26 Å². The second kappa shape index (κ2) is 6.83. The maximum absolute atomic E-state index is 13.0. The molecule has 102 valence electrons. The lowest BCUT2D eigenvalue weighted by Gasteiger charge is -2.12. The number of rotatable bonds is 5. The van der Waals surface area contributed by atoms with Gasteiger partial charge in [0.05, 0.1) is 24.7 Å². The molecule has 1 rings (SSSR count). The summed E-state index contributed by atoms with van der Waals surface area (Å²) >= 11 is 0. The summed E-state index contributed by atoms with van der Waals surface area (Å²) in [6.45, 7) is 3.62. The zero-order valence-corrected chi connectivity index (χ0v) is 10.9. The van der Waals surface area contributed by atoms with Crippen LogP contribution in [0.25, 0.3) is 0 Å². The van der Waals surface area contributed by atoms with Gasteiger partial charge in [0, 0.05) is 5.56 Å². The zero-order valence-electron chi connectivity index (χ0n) is 10.9. The molecule has 0 N–H and O–H groups in total. The molecule has 0 unspecified atom stereocenters. The molecule has 5 heteroatoms. The van der Waals surface area contributed by atoms with Crippen molar-refractivity contribution >= 4 is 5.97 Å². The van der Waals surface area contributed by atoms with Gasteiger partial charge >= 0.3 is 5.97 Å². The average molecular weight is 267 g/mol. The molecule has 0 aliphatic carbocycles. The Morgan fingerprint density at radius 3 is 2.58 bits per heavy atom. The molecule has 0 atom stereocenters. The van der Waals surface area contributed by atoms with Gasteiger partial charge in [0.25, 0.3) is 6.43 Å². The maximum Gasteiger partial charge on any atom is 0.310 e. The smallest absolute Gasteiger partial charge is 0.310 e. The van der Waals surface area contributed by atoms with Crippen molar-refractivity contribution < 1.29 is 18.3 Å². The quantitative estimate of drug-likeness (QED) is 0.770. The first kappa shape index (κ1) is 15.1. The molecule has 0 aliphatic rings. The molecule has 0 fully saturated rings. The Labute approximate surface area is 110 Å². The van der Waals surface area contributed by atoms with Gasteiger partial charge in [-0.15, -0.1) is 0 Å². The lowest BCUT2D eigenvalue weighted by molar-refractivity contribution is -0.142. The topological polar surface area (TPSA) is 50.1 Å². The van der Waals surface area contributed by atoms with Gasteiger partial charge in [-0.25, -0.2) is 8.78 Å². The van der Waals surface area contributed by atoms with Gasteiger partial charge in [-0.3, -0.25) is 4.79 Å². The molecule has 0 saturated heterocycles. The highest BCUT2D eigenvalue weighted by atomic mass is 19.3. The number of esters is 1. The average Bonchev–Trinajstić information content (AvgIpc) is 2.37. The van der Waals surface area contributed by atoms with Gasteiger partial charge in [-0.1, -0.05) is 6.92 Å². The molecule has 1 aromatic carbocycles. The Balaban J connectivity index is 3.18. The molecule has 0 aromatic heterocycles. The van der Waals surface area contributed by atoms with E-state index in [9.17, 15) is 13.6 Å². The number of alkyl halides is 2. The van der Waals surface area contributed by atoms with Gasteiger partial charge in [0.15, 0.2) is 0 Å². The summed E-state index contributed by atoms with van der Waals surface area (Å²) in [5.74, 6) is -0.490. The summed E-state index contributed by atoms with van der Waals surface area (Å²) in [4.78, 5) is 11.4. The van der Waals surface area contributed by atoms with Crippen molar-refractivity contribution in [2.45, 2.75) is 33.1 Å². The van der Waals surface area contributed by atoms with Crippen molar-refractivity contribution in [2.24, 2.45) is 0 Å². The second-order valence-corrected chi connectivity index (χ2v) is 3.96. The van der Waals surface area contributed by atoms with Crippen LogP contribution in [0, 0.1) is 11.3 Å². The summed E-state index contributed by atoms with van der Waals surface area (Å²) in [6, 6.07) is 4.65. The van der Waals surface area contributed by atoms with Crippen LogP contribution in [0.3, 0.4) is 0 Å². The highest BCUT2D eigenvalue weighted by Crippen LogP contribution is 2.27. The first-order chi connectivity index (χ1) is 9.03. The monoisotopic (exact) mass is 267 g/mol. The Morgan fingerprint density at radius 2 is 2.11 bits per heavy atom. The Bertz CT molecular complexity index is 507. The van der Waals surface area contributed by atoms with Gasteiger partial charge in [-0.05, 0) is 36.6 Å². The Hall–Kier alpha value is -1.96. The van der Waals surface area contributed by atoms with Crippen LogP contribution in [0.1, 0.15) is 42.5 Å². The summed E-state index contributed by atoms with van der Waals surface area (Å²) in [5.41, 5.74) is 0.730. The molecule has 0 bridgehead atoms. The molecular formula is C14H15F2NO2. The van der Waals surface area contributed by atoms with E-state index in [0.29, 0.717) is 17.5 Å². The van der Waals surface area contributed by atoms with Crippen LogP contribution in [-0.4, -0.2) is 12.6 Å². The molecule has 3 nitrogen and oxygen atoms in total. The highest BCUT2D eigenvalue weighted by molar-refractivity contribution is 5.73. The molecule has 19 heavy (non-hydrogen) atoms. The van der Waals surface area contributed by atoms with Crippen molar-refractivity contribution in [3.63, 3.8) is 0 Å². The summed E-state index contributed by atoms with van der Waals surface area (Å²) in [5, 5.41) is 9.01. The van der Waals surface area contributed by atoms with Gasteiger partial charge in [0.2, 0.25) is 0 Å². The third-order valence-corrected chi connectivity index (χ3v) is 2.71. The van der Waals surface area contributed by atoms with Gasteiger partial charge in [0.1, 0.15) is 0 Å². The van der Waals surface area contributed by atoms with Crippen LogP contribution < -0.4 is 0 Å². The molecule has 0 radical (unpaired) electrons. The first-order valence-electron chi connectivity index (χ1n) is 6.03. The second-order valence-electron chi connectivity index (χ2n) is 3.96. The predicted octanol–water partition coefficient (Wildman–Crippen LogP) is 3.16. The summed E-state index contributed by atoms with van der Waals surface area (Å²) < 4.78 is 30.7. The minimum absolute atomic E-state index is 0.105. The molecule has 1 aromatic rings. The van der Waals surface area contributed by atoms with Crippen LogP contribution in [0.2, 0.25) is 0 Å². The van der Waals surface area contributed by atoms with Crippen molar-refractivity contribution in [2.75, 3.05) is 6.61 Å². The van der Waals surface area contributed by atoms with E-state index in [2.05, 4.69) is 0 Å². The third kappa shape index (κ3) is 3.75. The van der Waals surface area contributed by atoms with E-state index in [-0.39, 0.29) is 24.2 Å². The fraction of sp³-hybridized carbons (Fsp3) is 0.429. The largest absolute Gasteiger partial charge is 0.466 e. The maximum atomic E-state index is 13.0. The number of ether oxygens (including phenoxy) is 1. The Kier molecular flexibility index (Phi) is 5.43. The van der Waals surface area contributed by atoms with E-state index in [1.165, 1.54) is 12.1 Å². The zero-order chi connectivity index (χ0) is 14.4. The standard InChI is InChI=1S/C14H15F2NO2/c1-3-11-10(8-17)5-9(6-12(11)14(15)16)7-13(18)19-4-2/h5-6,14H,3-4,7H2,1-2H3. The molecule has 0 spiro atoms. The molecular weight excluding hydrogens is 252 g/mol. The molecule has 0 saturated carbocycles. The predicted molar refractivity (Wildman–Crippen MR) is 65.8 cm³/mol. The number of nitrogens with zero attached hydrogens (tertiary/aromatic N) is 1. The normalized spacial score (nSPS) is 10.3. The summed E-state index contributed by atoms with van der Waals surface area (Å²) in [6.07, 6.45) is -2.42. The minimum atomic E-state index is -2.66. The van der Waals surface area contributed by atoms with Gasteiger partial charge in [-0.2, -0.15) is 5.26 Å². The summed E-state index contributed by atoms with van der Waals surface area (Å²) in [7, 11) is 0. The van der Waals surface area contributed by atoms with E-state index in [4.69, 9.17) is 10.00 Å². The molecule has 0 heterocycles. The van der Waals surface area contributed by atoms with Gasteiger partial charge < -0.3 is 4.74 Å². The fourth-order valence-corrected chi connectivity index (χ4v) is 1.93. The number of hydrogen-bond donors (Lipinski definition) is 0. The SMILES string of the molecule is CCOC(=O)Cc1cc(C#N)c(CC)c(C(F)F)c1. The van der Waals surface area contributed by atoms with Crippen LogP contribution >= 0.6 is 0 Å². The molecule has 0 amide bonds. The number of carbonyl (C=O) groups is 1. The van der Waals surface area contributed by atoms with Crippen LogP contribution in [0.5, 0.6) is 0 Å². The highest BCUT2D eigenvalue weighted by Gasteiger charge is 2.18. The molecule has 0 aliphatic heterocycles. The van der Waals surface area contributed by atoms with E-state index in [1.807, 2.05) is 6.07 Å². The number of carbonyl (C=O) groups excluding carboxylic acids is 1. The lowest BCUT2D eigenvalue weighted by Crippen LogP contribution is -2.09. The van der Waals surface area contributed by atoms with E-state index < -0.39 is 12.4 Å². The minimum Gasteiger partial charge on any atom is -0.466 e. The van der Waals surface area contributed by atoms with Crippen LogP contribution in [-0.2, 0) is 22.4 Å². The Morgan fingerprint density at radius 1 is 1.42 bits per heavy atom. The number of hydrogen-bond acceptors (Lipinski definition) is 3. The number of nitriles is 1. The van der Waals surface area contributed by atoms with E-state index in [0.717, 1.165) is 0 Å². The van der Waals surface area contributed by atoms with E-state index in [1.54, 1.807) is 13.8 Å². The van der Waals surface area contributed by atoms with Crippen molar-refractivity contribution in [3.05, 3.63) is 34.4 Å². The number of benzene rings is 1.